The average molecular weight is 632 g/mol. The van der Waals surface area contributed by atoms with Crippen LogP contribution in [0.5, 0.6) is 5.75 Å². The molecule has 0 aliphatic carbocycles. The predicted octanol–water partition coefficient (Wildman–Crippen LogP) is 3.17. The Morgan fingerprint density at radius 1 is 1.19 bits per heavy atom. The van der Waals surface area contributed by atoms with Crippen molar-refractivity contribution in [3.63, 3.8) is 0 Å². The van der Waals surface area contributed by atoms with Crippen LogP contribution in [0.15, 0.2) is 64.3 Å². The molecule has 228 valence electrons. The monoisotopic (exact) mass is 631 g/mol. The Morgan fingerprint density at radius 2 is 1.88 bits per heavy atom. The van der Waals surface area contributed by atoms with Crippen molar-refractivity contribution in [2.75, 3.05) is 6.61 Å². The molecule has 1 unspecified atom stereocenters. The summed E-state index contributed by atoms with van der Waals surface area (Å²) in [5, 5.41) is 14.7. The fraction of sp³-hybridized carbons (Fsp3) is 0.423. The van der Waals surface area contributed by atoms with Crippen molar-refractivity contribution in [1.29, 1.82) is 0 Å². The van der Waals surface area contributed by atoms with Crippen molar-refractivity contribution in [2.45, 2.75) is 63.4 Å². The molecule has 1 saturated heterocycles. The predicted molar refractivity (Wildman–Crippen MR) is 150 cm³/mol. The Morgan fingerprint density at radius 3 is 2.55 bits per heavy atom. The van der Waals surface area contributed by atoms with Gasteiger partial charge in [0.1, 0.15) is 17.9 Å². The molecule has 3 N–H and O–H groups in total. The quantitative estimate of drug-likeness (QED) is 0.214. The topological polar surface area (TPSA) is 141 Å². The second-order valence-electron chi connectivity index (χ2n) is 9.85. The molecule has 1 fully saturated rings. The lowest BCUT2D eigenvalue weighted by atomic mass is 9.97. The number of hydrogen-bond donors (Lipinski definition) is 3. The number of nitrogens with zero attached hydrogens (tertiary/aromatic N) is 1. The van der Waals surface area contributed by atoms with Gasteiger partial charge in [0.15, 0.2) is 18.0 Å². The van der Waals surface area contributed by atoms with Crippen LogP contribution in [0.3, 0.4) is 0 Å². The number of alkyl halides is 3. The average Bonchev–Trinajstić information content (AvgIpc) is 3.18. The Kier molecular flexibility index (Phi) is 9.60. The van der Waals surface area contributed by atoms with Crippen molar-refractivity contribution in [3.05, 3.63) is 75.6 Å². The maximum Gasteiger partial charge on any atom is 0.330 e. The van der Waals surface area contributed by atoms with E-state index in [0.29, 0.717) is 9.95 Å². The molecule has 0 amide bonds. The maximum atomic E-state index is 15.2. The molecule has 0 saturated carbocycles. The molecule has 4 rings (SSSR count). The first-order valence-corrected chi connectivity index (χ1v) is 15.4. The van der Waals surface area contributed by atoms with Crippen LogP contribution in [0.1, 0.15) is 27.0 Å². The van der Waals surface area contributed by atoms with Crippen molar-refractivity contribution in [2.24, 2.45) is 0 Å². The fourth-order valence-electron chi connectivity index (χ4n) is 4.29. The van der Waals surface area contributed by atoms with E-state index >= 15 is 4.39 Å². The first-order chi connectivity index (χ1) is 19.8. The van der Waals surface area contributed by atoms with Gasteiger partial charge in [0, 0.05) is 17.6 Å². The Hall–Kier alpha value is -3.07. The molecule has 1 aliphatic heterocycles. The Bertz CT molecular complexity index is 1600. The second-order valence-corrected chi connectivity index (χ2v) is 13.0. The van der Waals surface area contributed by atoms with E-state index in [1.807, 2.05) is 4.98 Å². The summed E-state index contributed by atoms with van der Waals surface area (Å²) in [5.41, 5.74) is -4.97. The number of ether oxygens (including phenoxy) is 2. The number of aliphatic hydroxyl groups is 1. The molecule has 2 heterocycles. The smallest absolute Gasteiger partial charge is 0.330 e. The highest BCUT2D eigenvalue weighted by Gasteiger charge is 2.62. The number of aliphatic hydroxyl groups excluding tert-OH is 1. The van der Waals surface area contributed by atoms with Crippen LogP contribution >= 0.6 is 6.64 Å². The van der Waals surface area contributed by atoms with Gasteiger partial charge >= 0.3 is 18.3 Å². The zero-order valence-electron chi connectivity index (χ0n) is 22.6. The van der Waals surface area contributed by atoms with E-state index in [9.17, 15) is 28.3 Å². The van der Waals surface area contributed by atoms with Crippen molar-refractivity contribution in [1.82, 2.24) is 14.6 Å². The molecular formula is C26H29F3N3O8PS. The van der Waals surface area contributed by atoms with E-state index in [0.717, 1.165) is 17.6 Å². The van der Waals surface area contributed by atoms with Gasteiger partial charge in [-0.25, -0.2) is 23.1 Å². The molecule has 0 radical (unpaired) electrons. The number of H-pyrrole nitrogens is 1. The highest BCUT2D eigenvalue weighted by atomic mass is 32.5. The largest absolute Gasteiger partial charge is 0.462 e. The molecule has 0 spiro atoms. The molecule has 1 aromatic heterocycles. The first kappa shape index (κ1) is 31.9. The van der Waals surface area contributed by atoms with Gasteiger partial charge in [-0.15, -0.1) is 0 Å². The third kappa shape index (κ3) is 6.61. The number of aromatic amines is 1. The lowest BCUT2D eigenvalue weighted by molar-refractivity contribution is -0.192. The van der Waals surface area contributed by atoms with E-state index in [4.69, 9.17) is 30.3 Å². The summed E-state index contributed by atoms with van der Waals surface area (Å²) in [6, 6.07) is 11.8. The van der Waals surface area contributed by atoms with Crippen molar-refractivity contribution < 1.29 is 41.6 Å². The molecule has 16 heteroatoms. The number of nitrogens with one attached hydrogen (secondary N) is 2. The first-order valence-electron chi connectivity index (χ1n) is 12.8. The van der Waals surface area contributed by atoms with Gasteiger partial charge in [0.05, 0.1) is 12.7 Å². The summed E-state index contributed by atoms with van der Waals surface area (Å²) in [7, 11) is 0. The zero-order chi connectivity index (χ0) is 30.8. The van der Waals surface area contributed by atoms with Crippen LogP contribution in [0.4, 0.5) is 13.2 Å². The number of benzene rings is 2. The molecule has 11 nitrogen and oxygen atoms in total. The van der Waals surface area contributed by atoms with Crippen LogP contribution in [-0.2, 0) is 30.6 Å². The van der Waals surface area contributed by atoms with Gasteiger partial charge < -0.3 is 23.6 Å². The molecule has 6 atom stereocenters. The summed E-state index contributed by atoms with van der Waals surface area (Å²) in [5.74, 6) is -0.528. The normalized spacial score (nSPS) is 24.5. The minimum absolute atomic E-state index is 0.202. The SMILES string of the molecule is CC(C)OC(=O)[C@H](C)NP(=S)(OC[C@@]1(C(F)F)O[C@@H](n2ccc(=O)[nH]c2=O)[C@H](F)[C@@H]1O)Oc1cccc2ccccc12. The number of rotatable bonds is 11. The number of fused-ring (bicyclic) bond motifs is 1. The third-order valence-corrected chi connectivity index (χ3v) is 8.86. The van der Waals surface area contributed by atoms with E-state index in [1.165, 1.54) is 6.92 Å². The number of carbonyl (C=O) groups is 1. The Balaban J connectivity index is 1.68. The standard InChI is InChI=1S/C26H29F3N3O8PS/c1-14(2)38-23(35)15(3)31-41(42,40-18-10-6-8-16-7-4-5-9-17(16)18)37-13-26(24(28)29)21(34)20(27)22(39-26)32-12-11-19(33)30-25(32)36/h4-12,14-15,20-22,24,34H,13H2,1-3H3,(H,31,42)(H,30,33,36)/t15-,20+,21-,22+,26+,41?/m0/s1. The van der Waals surface area contributed by atoms with Gasteiger partial charge in [-0.1, -0.05) is 36.4 Å². The molecule has 0 bridgehead atoms. The summed E-state index contributed by atoms with van der Waals surface area (Å²) in [4.78, 5) is 38.1. The highest BCUT2D eigenvalue weighted by molar-refractivity contribution is 8.09. The number of carbonyl (C=O) groups excluding carboxylic acids is 1. The summed E-state index contributed by atoms with van der Waals surface area (Å²) in [6.07, 6.45) is -10.2. The van der Waals surface area contributed by atoms with Gasteiger partial charge in [0.2, 0.25) is 0 Å². The van der Waals surface area contributed by atoms with Crippen LogP contribution in [0.2, 0.25) is 0 Å². The lowest BCUT2D eigenvalue weighted by Gasteiger charge is -2.34. The van der Waals surface area contributed by atoms with Gasteiger partial charge in [-0.05, 0) is 44.0 Å². The molecule has 3 aromatic rings. The molecule has 42 heavy (non-hydrogen) atoms. The van der Waals surface area contributed by atoms with Gasteiger partial charge in [0.25, 0.3) is 12.0 Å². The van der Waals surface area contributed by atoms with Crippen molar-refractivity contribution in [3.8, 4) is 5.75 Å². The van der Waals surface area contributed by atoms with Crippen LogP contribution in [0.25, 0.3) is 10.8 Å². The molecule has 2 aromatic carbocycles. The number of halogens is 3. The van der Waals surface area contributed by atoms with Crippen LogP contribution < -0.4 is 20.9 Å². The number of esters is 1. The summed E-state index contributed by atoms with van der Waals surface area (Å²) < 4.78 is 67.2. The van der Waals surface area contributed by atoms with Crippen LogP contribution in [0, 0.1) is 0 Å². The van der Waals surface area contributed by atoms with E-state index < -0.39 is 73.1 Å². The Labute approximate surface area is 242 Å². The number of aromatic nitrogens is 2. The highest BCUT2D eigenvalue weighted by Crippen LogP contribution is 2.50. The third-order valence-electron chi connectivity index (χ3n) is 6.39. The minimum Gasteiger partial charge on any atom is -0.462 e. The summed E-state index contributed by atoms with van der Waals surface area (Å²) >= 11 is 5.63. The molecular weight excluding hydrogens is 602 g/mol. The van der Waals surface area contributed by atoms with E-state index in [-0.39, 0.29) is 5.75 Å². The second kappa shape index (κ2) is 12.7. The lowest BCUT2D eigenvalue weighted by Crippen LogP contribution is -2.52. The van der Waals surface area contributed by atoms with E-state index in [1.54, 1.807) is 56.3 Å². The van der Waals surface area contributed by atoms with Gasteiger partial charge in [-0.3, -0.25) is 19.1 Å². The zero-order valence-corrected chi connectivity index (χ0v) is 24.3. The fourth-order valence-corrected chi connectivity index (χ4v) is 6.71. The van der Waals surface area contributed by atoms with Gasteiger partial charge in [-0.2, -0.15) is 0 Å². The maximum absolute atomic E-state index is 15.2. The minimum atomic E-state index is -3.97. The van der Waals surface area contributed by atoms with Crippen LogP contribution in [-0.4, -0.2) is 63.7 Å². The van der Waals surface area contributed by atoms with Crippen molar-refractivity contribution >= 4 is 35.2 Å². The van der Waals surface area contributed by atoms with E-state index in [2.05, 4.69) is 5.09 Å². The molecule has 1 aliphatic rings. The number of hydrogen-bond acceptors (Lipinski definition) is 9. The summed E-state index contributed by atoms with van der Waals surface area (Å²) in [6.45, 7) is -0.507.